The van der Waals surface area contributed by atoms with E-state index in [9.17, 15) is 4.79 Å². The standard InChI is InChI=1S/C16H9BrClNO2/c17-12-6-3-5-11(8-12)15-19-14(16(20)21-15)9-10-4-1-2-7-13(10)18/h1-9H. The number of aliphatic imine (C=N–C) groups is 1. The molecule has 0 unspecified atom stereocenters. The Morgan fingerprint density at radius 1 is 1.14 bits per heavy atom. The summed E-state index contributed by atoms with van der Waals surface area (Å²) in [7, 11) is 0. The first-order valence-electron chi connectivity index (χ1n) is 6.16. The van der Waals surface area contributed by atoms with Crippen molar-refractivity contribution in [3.63, 3.8) is 0 Å². The molecule has 5 heteroatoms. The third kappa shape index (κ3) is 3.06. The molecule has 1 heterocycles. The second-order valence-electron chi connectivity index (χ2n) is 4.37. The highest BCUT2D eigenvalue weighted by atomic mass is 79.9. The Morgan fingerprint density at radius 2 is 1.95 bits per heavy atom. The number of rotatable bonds is 2. The van der Waals surface area contributed by atoms with Gasteiger partial charge in [-0.2, -0.15) is 0 Å². The van der Waals surface area contributed by atoms with Crippen LogP contribution in [-0.2, 0) is 9.53 Å². The second kappa shape index (κ2) is 5.84. The van der Waals surface area contributed by atoms with E-state index in [1.54, 1.807) is 12.1 Å². The van der Waals surface area contributed by atoms with Crippen LogP contribution in [0.4, 0.5) is 0 Å². The third-order valence-electron chi connectivity index (χ3n) is 2.89. The van der Waals surface area contributed by atoms with Crippen molar-refractivity contribution in [2.45, 2.75) is 0 Å². The van der Waals surface area contributed by atoms with Gasteiger partial charge in [-0.25, -0.2) is 9.79 Å². The fourth-order valence-electron chi connectivity index (χ4n) is 1.89. The van der Waals surface area contributed by atoms with Crippen molar-refractivity contribution in [3.05, 3.63) is 74.9 Å². The molecule has 0 fully saturated rings. The van der Waals surface area contributed by atoms with Crippen LogP contribution in [0, 0.1) is 0 Å². The molecule has 0 radical (unpaired) electrons. The van der Waals surface area contributed by atoms with Crippen LogP contribution in [0.1, 0.15) is 11.1 Å². The lowest BCUT2D eigenvalue weighted by atomic mass is 10.2. The van der Waals surface area contributed by atoms with Crippen LogP contribution in [0.2, 0.25) is 5.02 Å². The Labute approximate surface area is 135 Å². The summed E-state index contributed by atoms with van der Waals surface area (Å²) in [6.45, 7) is 0. The van der Waals surface area contributed by atoms with E-state index in [1.807, 2.05) is 42.5 Å². The number of cyclic esters (lactones) is 1. The van der Waals surface area contributed by atoms with E-state index in [-0.39, 0.29) is 5.70 Å². The number of hydrogen-bond acceptors (Lipinski definition) is 3. The first kappa shape index (κ1) is 14.0. The summed E-state index contributed by atoms with van der Waals surface area (Å²) in [5.41, 5.74) is 1.70. The predicted octanol–water partition coefficient (Wildman–Crippen LogP) is 4.45. The normalized spacial score (nSPS) is 16.0. The number of esters is 1. The highest BCUT2D eigenvalue weighted by molar-refractivity contribution is 9.10. The zero-order chi connectivity index (χ0) is 14.8. The molecule has 1 aliphatic rings. The van der Waals surface area contributed by atoms with Crippen LogP contribution in [0.3, 0.4) is 0 Å². The van der Waals surface area contributed by atoms with Crippen LogP contribution >= 0.6 is 27.5 Å². The number of benzene rings is 2. The first-order valence-corrected chi connectivity index (χ1v) is 7.33. The van der Waals surface area contributed by atoms with Crippen LogP contribution in [-0.4, -0.2) is 11.9 Å². The quantitative estimate of drug-likeness (QED) is 0.585. The van der Waals surface area contributed by atoms with Crippen molar-refractivity contribution in [2.24, 2.45) is 4.99 Å². The Hall–Kier alpha value is -1.91. The fraction of sp³-hybridized carbons (Fsp3) is 0. The predicted molar refractivity (Wildman–Crippen MR) is 86.2 cm³/mol. The molecule has 2 aromatic carbocycles. The Balaban J connectivity index is 1.98. The third-order valence-corrected chi connectivity index (χ3v) is 3.73. The molecule has 0 aromatic heterocycles. The maximum Gasteiger partial charge on any atom is 0.363 e. The summed E-state index contributed by atoms with van der Waals surface area (Å²) >= 11 is 9.45. The SMILES string of the molecule is O=C1OC(c2cccc(Br)c2)=NC1=Cc1ccccc1Cl. The van der Waals surface area contributed by atoms with Crippen molar-refractivity contribution in [3.8, 4) is 0 Å². The smallest absolute Gasteiger partial charge is 0.363 e. The number of ether oxygens (including phenoxy) is 1. The van der Waals surface area contributed by atoms with E-state index < -0.39 is 5.97 Å². The van der Waals surface area contributed by atoms with E-state index >= 15 is 0 Å². The Kier molecular flexibility index (Phi) is 3.90. The average molecular weight is 363 g/mol. The second-order valence-corrected chi connectivity index (χ2v) is 5.69. The minimum Gasteiger partial charge on any atom is -0.402 e. The van der Waals surface area contributed by atoms with Crippen molar-refractivity contribution < 1.29 is 9.53 Å². The van der Waals surface area contributed by atoms with Crippen molar-refractivity contribution in [2.75, 3.05) is 0 Å². The summed E-state index contributed by atoms with van der Waals surface area (Å²) in [6, 6.07) is 14.7. The van der Waals surface area contributed by atoms with Gasteiger partial charge in [-0.15, -0.1) is 0 Å². The zero-order valence-corrected chi connectivity index (χ0v) is 13.1. The number of carbonyl (C=O) groups excluding carboxylic acids is 1. The zero-order valence-electron chi connectivity index (χ0n) is 10.7. The molecular formula is C16H9BrClNO2. The molecule has 0 saturated heterocycles. The van der Waals surface area contributed by atoms with Gasteiger partial charge in [-0.1, -0.05) is 51.8 Å². The average Bonchev–Trinajstić information content (AvgIpc) is 2.83. The lowest BCUT2D eigenvalue weighted by molar-refractivity contribution is -0.129. The summed E-state index contributed by atoms with van der Waals surface area (Å²) in [5, 5.41) is 0.559. The molecule has 1 aliphatic heterocycles. The molecule has 0 amide bonds. The van der Waals surface area contributed by atoms with Crippen molar-refractivity contribution >= 4 is 45.5 Å². The lowest BCUT2D eigenvalue weighted by Crippen LogP contribution is -2.05. The molecule has 0 aliphatic carbocycles. The van der Waals surface area contributed by atoms with Gasteiger partial charge in [-0.3, -0.25) is 0 Å². The molecule has 3 nitrogen and oxygen atoms in total. The highest BCUT2D eigenvalue weighted by Gasteiger charge is 2.24. The summed E-state index contributed by atoms with van der Waals surface area (Å²) in [6.07, 6.45) is 1.62. The summed E-state index contributed by atoms with van der Waals surface area (Å²) in [4.78, 5) is 16.1. The molecule has 104 valence electrons. The van der Waals surface area contributed by atoms with Crippen LogP contribution < -0.4 is 0 Å². The number of nitrogens with zero attached hydrogens (tertiary/aromatic N) is 1. The van der Waals surface area contributed by atoms with E-state index in [1.165, 1.54) is 0 Å². The van der Waals surface area contributed by atoms with Gasteiger partial charge in [0.15, 0.2) is 5.70 Å². The molecule has 2 aromatic rings. The minimum atomic E-state index is -0.482. The minimum absolute atomic E-state index is 0.234. The van der Waals surface area contributed by atoms with Gasteiger partial charge in [0.25, 0.3) is 0 Å². The van der Waals surface area contributed by atoms with Gasteiger partial charge < -0.3 is 4.74 Å². The first-order chi connectivity index (χ1) is 10.1. The van der Waals surface area contributed by atoms with Gasteiger partial charge >= 0.3 is 5.97 Å². The van der Waals surface area contributed by atoms with E-state index in [4.69, 9.17) is 16.3 Å². The van der Waals surface area contributed by atoms with Crippen LogP contribution in [0.5, 0.6) is 0 Å². The number of hydrogen-bond donors (Lipinski definition) is 0. The topological polar surface area (TPSA) is 38.7 Å². The number of halogens is 2. The lowest BCUT2D eigenvalue weighted by Gasteiger charge is -1.99. The molecule has 0 spiro atoms. The highest BCUT2D eigenvalue weighted by Crippen LogP contribution is 2.23. The van der Waals surface area contributed by atoms with Gasteiger partial charge in [0.2, 0.25) is 5.90 Å². The molecule has 0 saturated carbocycles. The molecule has 21 heavy (non-hydrogen) atoms. The largest absolute Gasteiger partial charge is 0.402 e. The summed E-state index contributed by atoms with van der Waals surface area (Å²) in [5.74, 6) is -0.190. The molecule has 0 N–H and O–H groups in total. The van der Waals surface area contributed by atoms with Gasteiger partial charge in [0, 0.05) is 15.1 Å². The van der Waals surface area contributed by atoms with E-state index in [0.717, 1.165) is 15.6 Å². The van der Waals surface area contributed by atoms with E-state index in [0.29, 0.717) is 10.9 Å². The van der Waals surface area contributed by atoms with Crippen LogP contribution in [0.15, 0.2) is 63.7 Å². The molecule has 3 rings (SSSR count). The Bertz CT molecular complexity index is 783. The Morgan fingerprint density at radius 3 is 2.71 bits per heavy atom. The van der Waals surface area contributed by atoms with Gasteiger partial charge in [-0.05, 0) is 35.9 Å². The number of carbonyl (C=O) groups is 1. The summed E-state index contributed by atoms with van der Waals surface area (Å²) < 4.78 is 6.10. The molecule has 0 bridgehead atoms. The van der Waals surface area contributed by atoms with Gasteiger partial charge in [0.1, 0.15) is 0 Å². The van der Waals surface area contributed by atoms with E-state index in [2.05, 4.69) is 20.9 Å². The monoisotopic (exact) mass is 361 g/mol. The maximum absolute atomic E-state index is 11.9. The van der Waals surface area contributed by atoms with Crippen molar-refractivity contribution in [1.82, 2.24) is 0 Å². The molecule has 0 atom stereocenters. The molecular weight excluding hydrogens is 354 g/mol. The maximum atomic E-state index is 11.9. The van der Waals surface area contributed by atoms with Gasteiger partial charge in [0.05, 0.1) is 0 Å². The van der Waals surface area contributed by atoms with Crippen molar-refractivity contribution in [1.29, 1.82) is 0 Å². The van der Waals surface area contributed by atoms with Crippen LogP contribution in [0.25, 0.3) is 6.08 Å². The fourth-order valence-corrected chi connectivity index (χ4v) is 2.48.